The minimum Gasteiger partial charge on any atom is -0.508 e. The third-order valence-corrected chi connectivity index (χ3v) is 8.47. The number of hydrogen-bond donors (Lipinski definition) is 1. The van der Waals surface area contributed by atoms with Gasteiger partial charge in [0.15, 0.2) is 0 Å². The van der Waals surface area contributed by atoms with Crippen LogP contribution in [0.4, 0.5) is 0 Å². The first-order valence-electron chi connectivity index (χ1n) is 10.1. The van der Waals surface area contributed by atoms with Crippen molar-refractivity contribution in [1.82, 2.24) is 0 Å². The number of fused-ring (bicyclic) bond motifs is 5. The molecule has 0 heterocycles. The summed E-state index contributed by atoms with van der Waals surface area (Å²) in [6, 6.07) is 3.43. The lowest BCUT2D eigenvalue weighted by Gasteiger charge is -2.61. The largest absolute Gasteiger partial charge is 0.508 e. The van der Waals surface area contributed by atoms with Gasteiger partial charge < -0.3 is 9.84 Å². The normalized spacial score (nSPS) is 37.4. The second-order valence-electron chi connectivity index (χ2n) is 10.1. The van der Waals surface area contributed by atoms with Crippen LogP contribution >= 0.6 is 0 Å². The molecule has 3 aliphatic carbocycles. The van der Waals surface area contributed by atoms with Gasteiger partial charge in [-0.3, -0.25) is 0 Å². The summed E-state index contributed by atoms with van der Waals surface area (Å²) in [7, 11) is 1.44. The lowest BCUT2D eigenvalue weighted by Crippen LogP contribution is -2.55. The van der Waals surface area contributed by atoms with Gasteiger partial charge in [-0.2, -0.15) is 0 Å². The molecule has 3 aliphatic rings. The third kappa shape index (κ3) is 2.15. The number of hydrogen-bond acceptors (Lipinski definition) is 3. The summed E-state index contributed by atoms with van der Waals surface area (Å²) in [6.07, 6.45) is 7.00. The van der Waals surface area contributed by atoms with E-state index in [0.717, 1.165) is 24.0 Å². The molecule has 2 saturated carbocycles. The highest BCUT2D eigenvalue weighted by atomic mass is 16.5. The van der Waals surface area contributed by atoms with Gasteiger partial charge in [0, 0.05) is 0 Å². The van der Waals surface area contributed by atoms with Crippen molar-refractivity contribution in [1.29, 1.82) is 0 Å². The van der Waals surface area contributed by atoms with E-state index in [9.17, 15) is 9.90 Å². The molecule has 3 heteroatoms. The van der Waals surface area contributed by atoms with E-state index in [-0.39, 0.29) is 16.8 Å². The van der Waals surface area contributed by atoms with E-state index in [1.54, 1.807) is 12.1 Å². The lowest BCUT2D eigenvalue weighted by atomic mass is 9.43. The van der Waals surface area contributed by atoms with Crippen molar-refractivity contribution < 1.29 is 14.6 Å². The van der Waals surface area contributed by atoms with Gasteiger partial charge in [-0.05, 0) is 83.4 Å². The summed E-state index contributed by atoms with van der Waals surface area (Å²) in [6.45, 7) is 9.70. The van der Waals surface area contributed by atoms with Gasteiger partial charge in [0.25, 0.3) is 0 Å². The van der Waals surface area contributed by atoms with Gasteiger partial charge in [-0.1, -0.05) is 34.1 Å². The maximum Gasteiger partial charge on any atom is 0.338 e. The Bertz CT molecular complexity index is 765. The topological polar surface area (TPSA) is 46.5 Å². The summed E-state index contributed by atoms with van der Waals surface area (Å²) in [5.41, 5.74) is 3.28. The predicted octanol–water partition coefficient (Wildman–Crippen LogP) is 5.24. The Morgan fingerprint density at radius 2 is 1.85 bits per heavy atom. The van der Waals surface area contributed by atoms with Gasteiger partial charge in [0.05, 0.1) is 12.7 Å². The average Bonchev–Trinajstić information content (AvgIpc) is 2.90. The van der Waals surface area contributed by atoms with Crippen molar-refractivity contribution in [3.05, 3.63) is 28.8 Å². The predicted molar refractivity (Wildman–Crippen MR) is 102 cm³/mol. The van der Waals surface area contributed by atoms with Gasteiger partial charge in [-0.15, -0.1) is 0 Å². The molecule has 3 nitrogen and oxygen atoms in total. The van der Waals surface area contributed by atoms with Gasteiger partial charge in [0.2, 0.25) is 0 Å². The first-order chi connectivity index (χ1) is 12.1. The summed E-state index contributed by atoms with van der Waals surface area (Å²) in [5, 5.41) is 10.6. The standard InChI is InChI=1S/C23H32O3/c1-21(2)10-6-11-22(3)17(21)9-12-23(4)18(22)13-15-16(24)8-7-14(19(15)23)20(25)26-5/h7-8,17-18,24H,6,9-13H2,1-5H3/t17-,18+,22-,23-/m0/s1. The third-order valence-electron chi connectivity index (χ3n) is 8.47. The van der Waals surface area contributed by atoms with Crippen molar-refractivity contribution in [2.24, 2.45) is 22.7 Å². The minimum absolute atomic E-state index is 0.0593. The number of carbonyl (C=O) groups is 1. The van der Waals surface area contributed by atoms with E-state index in [0.29, 0.717) is 28.6 Å². The summed E-state index contributed by atoms with van der Waals surface area (Å²) in [4.78, 5) is 12.5. The molecule has 0 amide bonds. The van der Waals surface area contributed by atoms with E-state index in [1.165, 1.54) is 32.8 Å². The number of benzene rings is 1. The van der Waals surface area contributed by atoms with Crippen LogP contribution in [0.2, 0.25) is 0 Å². The van der Waals surface area contributed by atoms with Crippen molar-refractivity contribution in [3.63, 3.8) is 0 Å². The Hall–Kier alpha value is -1.51. The van der Waals surface area contributed by atoms with Gasteiger partial charge in [-0.25, -0.2) is 4.79 Å². The van der Waals surface area contributed by atoms with Crippen molar-refractivity contribution >= 4 is 5.97 Å². The Labute approximate surface area is 157 Å². The molecule has 0 aromatic heterocycles. The number of phenolic OH excluding ortho intramolecular Hbond substituents is 1. The van der Waals surface area contributed by atoms with E-state index >= 15 is 0 Å². The van der Waals surface area contributed by atoms with Crippen LogP contribution in [0, 0.1) is 22.7 Å². The highest BCUT2D eigenvalue weighted by molar-refractivity contribution is 5.92. The van der Waals surface area contributed by atoms with Crippen LogP contribution < -0.4 is 0 Å². The Morgan fingerprint density at radius 3 is 2.54 bits per heavy atom. The van der Waals surface area contributed by atoms with Crippen molar-refractivity contribution in [3.8, 4) is 5.75 Å². The SMILES string of the molecule is COC(=O)c1ccc(O)c2c1[C@@]1(C)CC[C@H]3C(C)(C)CCC[C@]3(C)[C@H]1C2. The molecule has 1 N–H and O–H groups in total. The molecule has 0 saturated heterocycles. The molecule has 142 valence electrons. The van der Waals surface area contributed by atoms with Crippen LogP contribution in [0.1, 0.15) is 81.3 Å². The second-order valence-corrected chi connectivity index (χ2v) is 10.1. The zero-order chi connectivity index (χ0) is 18.9. The monoisotopic (exact) mass is 356 g/mol. The lowest BCUT2D eigenvalue weighted by molar-refractivity contribution is -0.0984. The number of phenols is 1. The molecule has 2 fully saturated rings. The van der Waals surface area contributed by atoms with Crippen LogP contribution in [0.5, 0.6) is 5.75 Å². The Kier molecular flexibility index (Phi) is 3.78. The summed E-state index contributed by atoms with van der Waals surface area (Å²) in [5.74, 6) is 1.25. The fourth-order valence-electron chi connectivity index (χ4n) is 7.39. The van der Waals surface area contributed by atoms with Crippen molar-refractivity contribution in [2.75, 3.05) is 7.11 Å². The number of aromatic hydroxyl groups is 1. The highest BCUT2D eigenvalue weighted by Crippen LogP contribution is 2.68. The zero-order valence-electron chi connectivity index (χ0n) is 16.8. The zero-order valence-corrected chi connectivity index (χ0v) is 16.8. The van der Waals surface area contributed by atoms with E-state index in [2.05, 4.69) is 27.7 Å². The second kappa shape index (κ2) is 5.50. The van der Waals surface area contributed by atoms with Crippen LogP contribution in [0.25, 0.3) is 0 Å². The first-order valence-corrected chi connectivity index (χ1v) is 10.1. The summed E-state index contributed by atoms with van der Waals surface area (Å²) >= 11 is 0. The molecule has 0 radical (unpaired) electrons. The molecular weight excluding hydrogens is 324 g/mol. The molecule has 4 atom stereocenters. The summed E-state index contributed by atoms with van der Waals surface area (Å²) < 4.78 is 5.07. The van der Waals surface area contributed by atoms with Crippen LogP contribution in [0.3, 0.4) is 0 Å². The molecule has 1 aromatic rings. The van der Waals surface area contributed by atoms with Crippen LogP contribution in [-0.2, 0) is 16.6 Å². The van der Waals surface area contributed by atoms with Crippen LogP contribution in [0.15, 0.2) is 12.1 Å². The average molecular weight is 357 g/mol. The molecule has 0 bridgehead atoms. The van der Waals surface area contributed by atoms with E-state index in [4.69, 9.17) is 4.74 Å². The first kappa shape index (κ1) is 17.9. The Morgan fingerprint density at radius 1 is 1.12 bits per heavy atom. The maximum atomic E-state index is 12.5. The molecule has 0 aliphatic heterocycles. The fourth-order valence-corrected chi connectivity index (χ4v) is 7.39. The van der Waals surface area contributed by atoms with Crippen LogP contribution in [-0.4, -0.2) is 18.2 Å². The molecule has 26 heavy (non-hydrogen) atoms. The number of methoxy groups -OCH3 is 1. The molecule has 4 rings (SSSR count). The number of esters is 1. The Balaban J connectivity index is 1.87. The molecule has 1 aromatic carbocycles. The van der Waals surface area contributed by atoms with Gasteiger partial charge >= 0.3 is 5.97 Å². The number of rotatable bonds is 1. The highest BCUT2D eigenvalue weighted by Gasteiger charge is 2.61. The fraction of sp³-hybridized carbons (Fsp3) is 0.696. The minimum atomic E-state index is -0.278. The number of ether oxygens (including phenoxy) is 1. The van der Waals surface area contributed by atoms with E-state index < -0.39 is 0 Å². The smallest absolute Gasteiger partial charge is 0.338 e. The molecular formula is C23H32O3. The quantitative estimate of drug-likeness (QED) is 0.700. The van der Waals surface area contributed by atoms with Crippen molar-refractivity contribution in [2.45, 2.75) is 71.6 Å². The maximum absolute atomic E-state index is 12.5. The molecule has 0 spiro atoms. The number of carbonyl (C=O) groups excluding carboxylic acids is 1. The van der Waals surface area contributed by atoms with E-state index in [1.807, 2.05) is 0 Å². The molecule has 0 unspecified atom stereocenters. The van der Waals surface area contributed by atoms with Gasteiger partial charge in [0.1, 0.15) is 5.75 Å².